The monoisotopic (exact) mass is 262 g/mol. The van der Waals surface area contributed by atoms with Crippen LogP contribution in [0.2, 0.25) is 5.02 Å². The van der Waals surface area contributed by atoms with Gasteiger partial charge in [-0.05, 0) is 18.6 Å². The molecular weight excluding hydrogens is 251 g/mol. The molecule has 1 aromatic rings. The highest BCUT2D eigenvalue weighted by atomic mass is 35.5. The van der Waals surface area contributed by atoms with Gasteiger partial charge in [0.15, 0.2) is 6.10 Å². The molecule has 1 aromatic carbocycles. The van der Waals surface area contributed by atoms with Crippen molar-refractivity contribution in [3.05, 3.63) is 34.6 Å². The molecule has 0 spiro atoms. The third kappa shape index (κ3) is 3.96. The quantitative estimate of drug-likeness (QED) is 0.770. The van der Waals surface area contributed by atoms with Gasteiger partial charge in [0.05, 0.1) is 6.61 Å². The summed E-state index contributed by atoms with van der Waals surface area (Å²) in [7, 11) is 0. The first kappa shape index (κ1) is 13.9. The molecule has 0 saturated heterocycles. The predicted molar refractivity (Wildman–Crippen MR) is 59.4 cm³/mol. The van der Waals surface area contributed by atoms with E-state index >= 15 is 0 Å². The Kier molecular flexibility index (Phi) is 5.34. The third-order valence-electron chi connectivity index (χ3n) is 2.06. The number of aliphatic hydroxyl groups excluding tert-OH is 1. The van der Waals surface area contributed by atoms with Crippen molar-refractivity contribution in [1.82, 2.24) is 0 Å². The highest BCUT2D eigenvalue weighted by Crippen LogP contribution is 2.24. The summed E-state index contributed by atoms with van der Waals surface area (Å²) in [6, 6.07) is 3.70. The summed E-state index contributed by atoms with van der Waals surface area (Å²) >= 11 is 5.57. The van der Waals surface area contributed by atoms with Crippen LogP contribution in [0.25, 0.3) is 0 Å². The van der Waals surface area contributed by atoms with Crippen molar-refractivity contribution in [2.75, 3.05) is 13.2 Å². The summed E-state index contributed by atoms with van der Waals surface area (Å²) in [5, 5.41) is 17.7. The van der Waals surface area contributed by atoms with E-state index in [4.69, 9.17) is 26.6 Å². The zero-order valence-corrected chi connectivity index (χ0v) is 9.65. The van der Waals surface area contributed by atoms with Crippen LogP contribution in [0.3, 0.4) is 0 Å². The standard InChI is InChI=1S/C11H12ClFO4/c12-7-2-3-8(9(13)6-7)10(11(15)16)17-5-1-4-14/h2-3,6,10,14H,1,4-5H2,(H,15,16). The van der Waals surface area contributed by atoms with Crippen molar-refractivity contribution in [1.29, 1.82) is 0 Å². The van der Waals surface area contributed by atoms with Gasteiger partial charge in [0.25, 0.3) is 0 Å². The largest absolute Gasteiger partial charge is 0.479 e. The highest BCUT2D eigenvalue weighted by molar-refractivity contribution is 6.30. The molecule has 0 aliphatic carbocycles. The molecule has 0 fully saturated rings. The molecule has 1 atom stereocenters. The SMILES string of the molecule is O=C(O)C(OCCCO)c1ccc(Cl)cc1F. The maximum absolute atomic E-state index is 13.5. The number of aliphatic carboxylic acids is 1. The van der Waals surface area contributed by atoms with E-state index in [9.17, 15) is 9.18 Å². The molecular formula is C11H12ClFO4. The molecule has 17 heavy (non-hydrogen) atoms. The van der Waals surface area contributed by atoms with Crippen molar-refractivity contribution in [2.45, 2.75) is 12.5 Å². The van der Waals surface area contributed by atoms with E-state index in [2.05, 4.69) is 0 Å². The zero-order valence-electron chi connectivity index (χ0n) is 8.90. The number of hydrogen-bond acceptors (Lipinski definition) is 3. The third-order valence-corrected chi connectivity index (χ3v) is 2.29. The first-order valence-corrected chi connectivity index (χ1v) is 5.34. The normalized spacial score (nSPS) is 12.4. The minimum absolute atomic E-state index is 0.0372. The van der Waals surface area contributed by atoms with Crippen molar-refractivity contribution in [2.24, 2.45) is 0 Å². The van der Waals surface area contributed by atoms with Crippen LogP contribution in [-0.2, 0) is 9.53 Å². The number of ether oxygens (including phenoxy) is 1. The molecule has 6 heteroatoms. The number of carbonyl (C=O) groups is 1. The smallest absolute Gasteiger partial charge is 0.337 e. The minimum atomic E-state index is -1.39. The van der Waals surface area contributed by atoms with Gasteiger partial charge in [-0.15, -0.1) is 0 Å². The van der Waals surface area contributed by atoms with Gasteiger partial charge in [0.1, 0.15) is 5.82 Å². The summed E-state index contributed by atoms with van der Waals surface area (Å²) in [5.74, 6) is -2.02. The van der Waals surface area contributed by atoms with E-state index < -0.39 is 17.9 Å². The lowest BCUT2D eigenvalue weighted by Gasteiger charge is -2.14. The number of halogens is 2. The molecule has 0 saturated carbocycles. The van der Waals surface area contributed by atoms with E-state index in [1.165, 1.54) is 12.1 Å². The summed E-state index contributed by atoms with van der Waals surface area (Å²) in [6.45, 7) is -0.0784. The molecule has 0 aliphatic rings. The van der Waals surface area contributed by atoms with Gasteiger partial charge < -0.3 is 14.9 Å². The lowest BCUT2D eigenvalue weighted by atomic mass is 10.1. The van der Waals surface area contributed by atoms with E-state index in [1.807, 2.05) is 0 Å². The molecule has 2 N–H and O–H groups in total. The first-order valence-electron chi connectivity index (χ1n) is 4.96. The Morgan fingerprint density at radius 3 is 2.76 bits per heavy atom. The van der Waals surface area contributed by atoms with Crippen LogP contribution in [0, 0.1) is 5.82 Å². The van der Waals surface area contributed by atoms with Gasteiger partial charge >= 0.3 is 5.97 Å². The Morgan fingerprint density at radius 2 is 2.24 bits per heavy atom. The van der Waals surface area contributed by atoms with E-state index in [1.54, 1.807) is 0 Å². The van der Waals surface area contributed by atoms with Crippen LogP contribution in [0.1, 0.15) is 18.1 Å². The minimum Gasteiger partial charge on any atom is -0.479 e. The van der Waals surface area contributed by atoms with Gasteiger partial charge in [-0.25, -0.2) is 9.18 Å². The van der Waals surface area contributed by atoms with Crippen LogP contribution in [0.4, 0.5) is 4.39 Å². The van der Waals surface area contributed by atoms with Crippen molar-refractivity contribution >= 4 is 17.6 Å². The topological polar surface area (TPSA) is 66.8 Å². The molecule has 0 aromatic heterocycles. The van der Waals surface area contributed by atoms with Gasteiger partial charge in [0.2, 0.25) is 0 Å². The van der Waals surface area contributed by atoms with Crippen molar-refractivity contribution in [3.8, 4) is 0 Å². The number of carboxylic acid groups (broad SMARTS) is 1. The van der Waals surface area contributed by atoms with E-state index in [0.29, 0.717) is 6.42 Å². The molecule has 94 valence electrons. The summed E-state index contributed by atoms with van der Waals surface area (Å²) < 4.78 is 18.5. The Bertz CT molecular complexity index is 397. The van der Waals surface area contributed by atoms with E-state index in [-0.39, 0.29) is 23.8 Å². The zero-order chi connectivity index (χ0) is 12.8. The van der Waals surface area contributed by atoms with E-state index in [0.717, 1.165) is 6.07 Å². The molecule has 4 nitrogen and oxygen atoms in total. The highest BCUT2D eigenvalue weighted by Gasteiger charge is 2.23. The molecule has 0 bridgehead atoms. The maximum Gasteiger partial charge on any atom is 0.337 e. The Morgan fingerprint density at radius 1 is 1.53 bits per heavy atom. The molecule has 1 rings (SSSR count). The van der Waals surface area contributed by atoms with Gasteiger partial charge in [-0.2, -0.15) is 0 Å². The molecule has 1 unspecified atom stereocenters. The fourth-order valence-corrected chi connectivity index (χ4v) is 1.43. The second-order valence-electron chi connectivity index (χ2n) is 3.33. The molecule has 0 amide bonds. The second-order valence-corrected chi connectivity index (χ2v) is 3.77. The summed E-state index contributed by atoms with van der Waals surface area (Å²) in [5.41, 5.74) is -0.0835. The van der Waals surface area contributed by atoms with Crippen molar-refractivity contribution in [3.63, 3.8) is 0 Å². The van der Waals surface area contributed by atoms with Crippen LogP contribution in [-0.4, -0.2) is 29.4 Å². The Labute approximate surface area is 103 Å². The van der Waals surface area contributed by atoms with Crippen LogP contribution >= 0.6 is 11.6 Å². The Balaban J connectivity index is 2.86. The van der Waals surface area contributed by atoms with Crippen molar-refractivity contribution < 1.29 is 24.1 Å². The molecule has 0 heterocycles. The van der Waals surface area contributed by atoms with Crippen LogP contribution < -0.4 is 0 Å². The first-order chi connectivity index (χ1) is 8.06. The lowest BCUT2D eigenvalue weighted by Crippen LogP contribution is -2.17. The maximum atomic E-state index is 13.5. The van der Waals surface area contributed by atoms with Crippen LogP contribution in [0.5, 0.6) is 0 Å². The number of aliphatic hydroxyl groups is 1. The van der Waals surface area contributed by atoms with Gasteiger partial charge in [0, 0.05) is 17.2 Å². The Hall–Kier alpha value is -1.17. The fourth-order valence-electron chi connectivity index (χ4n) is 1.27. The summed E-state index contributed by atoms with van der Waals surface area (Å²) in [6.07, 6.45) is -1.10. The van der Waals surface area contributed by atoms with Gasteiger partial charge in [-0.3, -0.25) is 0 Å². The fraction of sp³-hybridized carbons (Fsp3) is 0.364. The second kappa shape index (κ2) is 6.54. The number of hydrogen-bond donors (Lipinski definition) is 2. The van der Waals surface area contributed by atoms with Crippen LogP contribution in [0.15, 0.2) is 18.2 Å². The average Bonchev–Trinajstić information content (AvgIpc) is 2.25. The molecule has 0 aliphatic heterocycles. The van der Waals surface area contributed by atoms with Gasteiger partial charge in [-0.1, -0.05) is 17.7 Å². The average molecular weight is 263 g/mol. The molecule has 0 radical (unpaired) electrons. The number of benzene rings is 1. The summed E-state index contributed by atoms with van der Waals surface area (Å²) in [4.78, 5) is 10.9. The number of rotatable bonds is 6. The number of carboxylic acids is 1. The predicted octanol–water partition coefficient (Wildman–Crippen LogP) is 2.00. The lowest BCUT2D eigenvalue weighted by molar-refractivity contribution is -0.151.